The fourth-order valence-electron chi connectivity index (χ4n) is 10.2. The monoisotopic (exact) mass is 853 g/mol. The van der Waals surface area contributed by atoms with E-state index in [1.165, 1.54) is 10.1 Å². The lowest BCUT2D eigenvalue weighted by Crippen LogP contribution is -2.44. The number of nitrogens with zero attached hydrogens (tertiary/aromatic N) is 6. The highest BCUT2D eigenvalue weighted by molar-refractivity contribution is 6.33. The molecule has 5 aliphatic rings. The number of aryl methyl sites for hydroxylation is 2. The maximum Gasteiger partial charge on any atom is 0.301 e. The van der Waals surface area contributed by atoms with Crippen molar-refractivity contribution in [2.75, 3.05) is 54.9 Å². The second-order valence-corrected chi connectivity index (χ2v) is 18.1. The van der Waals surface area contributed by atoms with Gasteiger partial charge in [0.25, 0.3) is 5.56 Å². The summed E-state index contributed by atoms with van der Waals surface area (Å²) in [6.07, 6.45) is 8.11. The van der Waals surface area contributed by atoms with Crippen molar-refractivity contribution >= 4 is 68.1 Å². The zero-order valence-corrected chi connectivity index (χ0v) is 35.1. The number of hydrogen-bond donors (Lipinski definition) is 3. The number of para-hydroxylation sites is 1. The van der Waals surface area contributed by atoms with Crippen LogP contribution in [-0.4, -0.2) is 87.3 Å². The van der Waals surface area contributed by atoms with Gasteiger partial charge in [-0.25, -0.2) is 13.8 Å². The van der Waals surface area contributed by atoms with Gasteiger partial charge in [-0.2, -0.15) is 5.10 Å². The van der Waals surface area contributed by atoms with Gasteiger partial charge >= 0.3 is 5.92 Å². The molecule has 4 fully saturated rings. The van der Waals surface area contributed by atoms with Gasteiger partial charge in [-0.3, -0.25) is 24.4 Å². The molecule has 1 saturated carbocycles. The van der Waals surface area contributed by atoms with Crippen LogP contribution < -0.4 is 31.1 Å². The second kappa shape index (κ2) is 15.6. The van der Waals surface area contributed by atoms with Crippen LogP contribution in [0.5, 0.6) is 5.75 Å². The first-order valence-electron chi connectivity index (χ1n) is 21.5. The van der Waals surface area contributed by atoms with Crippen molar-refractivity contribution in [1.29, 1.82) is 0 Å². The standard InChI is InChI=1S/C45H50ClF2N9O4/c1-54-35-10-8-28(20-32(35)39-41(44(54)60)61-24-45(47,48)42(52-39)27-6-7-27)50-34-21-36(49-22-33(34)46)57-18-12-25(13-19-57)23-56-16-14-26(15-17-56)29-4-3-5-30-38(53-55(2)40(29)30)31-9-11-37(58)51-43(31)59/h3-5,8,10,20-22,25-27,31,42,52H,6-7,9,11-19,23-24H2,1-2H3,(H,49,50)(H,51,58,59). The molecule has 3 aromatic heterocycles. The Balaban J connectivity index is 0.777. The van der Waals surface area contributed by atoms with E-state index in [-0.39, 0.29) is 23.5 Å². The van der Waals surface area contributed by atoms with E-state index < -0.39 is 30.0 Å². The average Bonchev–Trinajstić information content (AvgIpc) is 4.05. The minimum absolute atomic E-state index is 0.0887. The largest absolute Gasteiger partial charge is 0.480 e. The highest BCUT2D eigenvalue weighted by Crippen LogP contribution is 2.46. The summed E-state index contributed by atoms with van der Waals surface area (Å²) in [5, 5.41) is 15.8. The van der Waals surface area contributed by atoms with Crippen LogP contribution in [0.1, 0.15) is 74.5 Å². The van der Waals surface area contributed by atoms with Crippen LogP contribution in [0.25, 0.3) is 21.8 Å². The summed E-state index contributed by atoms with van der Waals surface area (Å²) in [6.45, 7) is 4.02. The molecule has 3 saturated heterocycles. The van der Waals surface area contributed by atoms with E-state index >= 15 is 8.78 Å². The topological polar surface area (TPSA) is 139 Å². The summed E-state index contributed by atoms with van der Waals surface area (Å²) in [7, 11) is 3.57. The van der Waals surface area contributed by atoms with Crippen molar-refractivity contribution in [3.05, 3.63) is 75.3 Å². The normalized spacial score (nSPS) is 22.7. The summed E-state index contributed by atoms with van der Waals surface area (Å²) in [6, 6.07) is 12.7. The summed E-state index contributed by atoms with van der Waals surface area (Å²) >= 11 is 6.70. The SMILES string of the molecule is Cn1nc(C2CCC(=O)NC2=O)c2cccc(C3CCN(CC4CCN(c5cc(Nc6ccc7c(c6)c6c(c(=O)n7C)OCC(F)(F)C(C7CC7)N6)c(Cl)cn5)CC4)CC3)c21. The number of hydrogen-bond acceptors (Lipinski definition) is 10. The molecule has 7 heterocycles. The zero-order valence-electron chi connectivity index (χ0n) is 34.4. The molecule has 5 aromatic rings. The van der Waals surface area contributed by atoms with Crippen molar-refractivity contribution in [2.45, 2.75) is 75.2 Å². The Morgan fingerprint density at radius 2 is 1.74 bits per heavy atom. The number of benzene rings is 2. The minimum atomic E-state index is -3.12. The highest BCUT2D eigenvalue weighted by atomic mass is 35.5. The summed E-state index contributed by atoms with van der Waals surface area (Å²) in [5.41, 5.74) is 4.93. The molecule has 13 nitrogen and oxygen atoms in total. The molecule has 3 N–H and O–H groups in total. The lowest BCUT2D eigenvalue weighted by Gasteiger charge is -2.38. The molecule has 2 amide bonds. The maximum absolute atomic E-state index is 15.2. The van der Waals surface area contributed by atoms with Crippen LogP contribution in [0.4, 0.5) is 31.7 Å². The van der Waals surface area contributed by atoms with E-state index in [1.807, 2.05) is 36.0 Å². The molecular formula is C45H50ClF2N9O4. The molecule has 1 aliphatic carbocycles. The molecule has 61 heavy (non-hydrogen) atoms. The Kier molecular flexibility index (Phi) is 10.2. The Morgan fingerprint density at radius 3 is 2.49 bits per heavy atom. The van der Waals surface area contributed by atoms with Crippen molar-refractivity contribution < 1.29 is 23.1 Å². The number of carbonyl (C=O) groups is 2. The van der Waals surface area contributed by atoms with Gasteiger partial charge in [-0.1, -0.05) is 29.8 Å². The van der Waals surface area contributed by atoms with Crippen LogP contribution in [0.3, 0.4) is 0 Å². The predicted octanol–water partition coefficient (Wildman–Crippen LogP) is 7.05. The summed E-state index contributed by atoms with van der Waals surface area (Å²) in [5.74, 6) is -2.46. The van der Waals surface area contributed by atoms with Crippen molar-refractivity contribution in [3.8, 4) is 5.75 Å². The van der Waals surface area contributed by atoms with Crippen molar-refractivity contribution in [3.63, 3.8) is 0 Å². The van der Waals surface area contributed by atoms with Gasteiger partial charge in [0.15, 0.2) is 6.61 Å². The number of nitrogens with one attached hydrogen (secondary N) is 3. The lowest BCUT2D eigenvalue weighted by atomic mass is 9.86. The Hall–Kier alpha value is -5.28. The number of amides is 2. The Labute approximate surface area is 356 Å². The molecule has 10 rings (SSSR count). The molecular weight excluding hydrogens is 804 g/mol. The number of ether oxygens (including phenoxy) is 1. The number of rotatable bonds is 8. The average molecular weight is 854 g/mol. The van der Waals surface area contributed by atoms with E-state index in [1.54, 1.807) is 13.2 Å². The molecule has 2 atom stereocenters. The second-order valence-electron chi connectivity index (χ2n) is 17.7. The van der Waals surface area contributed by atoms with Crippen molar-refractivity contribution in [2.24, 2.45) is 25.9 Å². The first kappa shape index (κ1) is 39.8. The van der Waals surface area contributed by atoms with Crippen LogP contribution in [-0.2, 0) is 23.7 Å². The number of imide groups is 1. The van der Waals surface area contributed by atoms with E-state index in [9.17, 15) is 14.4 Å². The lowest BCUT2D eigenvalue weighted by molar-refractivity contribution is -0.134. The third-order valence-electron chi connectivity index (χ3n) is 13.7. The molecule has 16 heteroatoms. The number of carbonyl (C=O) groups excluding carboxylic acids is 2. The first-order chi connectivity index (χ1) is 29.4. The van der Waals surface area contributed by atoms with Gasteiger partial charge in [0, 0.05) is 62.7 Å². The number of aromatic nitrogens is 4. The molecule has 2 aromatic carbocycles. The van der Waals surface area contributed by atoms with Gasteiger partial charge in [0.1, 0.15) is 5.82 Å². The number of piperidine rings is 3. The first-order valence-corrected chi connectivity index (χ1v) is 21.9. The van der Waals surface area contributed by atoms with Gasteiger partial charge in [-0.05, 0) is 99.6 Å². The number of alkyl halides is 2. The van der Waals surface area contributed by atoms with Crippen LogP contribution in [0.15, 0.2) is 53.5 Å². The third kappa shape index (κ3) is 7.47. The Bertz CT molecular complexity index is 2610. The van der Waals surface area contributed by atoms with Gasteiger partial charge in [0.2, 0.25) is 17.6 Å². The van der Waals surface area contributed by atoms with Crippen LogP contribution in [0, 0.1) is 11.8 Å². The molecule has 0 radical (unpaired) electrons. The number of likely N-dealkylation sites (tertiary alicyclic amines) is 1. The molecule has 4 aliphatic heterocycles. The minimum Gasteiger partial charge on any atom is -0.480 e. The van der Waals surface area contributed by atoms with Gasteiger partial charge in [-0.15, -0.1) is 0 Å². The van der Waals surface area contributed by atoms with E-state index in [0.717, 1.165) is 80.8 Å². The van der Waals surface area contributed by atoms with E-state index in [4.69, 9.17) is 26.4 Å². The fourth-order valence-corrected chi connectivity index (χ4v) is 10.4. The number of halogens is 3. The maximum atomic E-state index is 15.2. The fraction of sp³-hybridized carbons (Fsp3) is 0.489. The van der Waals surface area contributed by atoms with Gasteiger partial charge < -0.3 is 29.7 Å². The van der Waals surface area contributed by atoms with E-state index in [0.29, 0.717) is 70.5 Å². The molecule has 320 valence electrons. The highest BCUT2D eigenvalue weighted by Gasteiger charge is 2.51. The molecule has 0 bridgehead atoms. The van der Waals surface area contributed by atoms with Gasteiger partial charge in [0.05, 0.1) is 51.3 Å². The number of pyridine rings is 2. The number of fused-ring (bicyclic) bond motifs is 4. The Morgan fingerprint density at radius 1 is 0.951 bits per heavy atom. The predicted molar refractivity (Wildman–Crippen MR) is 231 cm³/mol. The van der Waals surface area contributed by atoms with Crippen LogP contribution >= 0.6 is 11.6 Å². The third-order valence-corrected chi connectivity index (χ3v) is 14.0. The summed E-state index contributed by atoms with van der Waals surface area (Å²) in [4.78, 5) is 47.4. The zero-order chi connectivity index (χ0) is 42.2. The smallest absolute Gasteiger partial charge is 0.301 e. The van der Waals surface area contributed by atoms with Crippen molar-refractivity contribution in [1.82, 2.24) is 29.5 Å². The number of anilines is 4. The molecule has 2 unspecified atom stereocenters. The van der Waals surface area contributed by atoms with Crippen LogP contribution in [0.2, 0.25) is 5.02 Å². The van der Waals surface area contributed by atoms with E-state index in [2.05, 4.69) is 43.9 Å². The molecule has 0 spiro atoms. The summed E-state index contributed by atoms with van der Waals surface area (Å²) < 4.78 is 39.2. The quantitative estimate of drug-likeness (QED) is 0.139.